The van der Waals surface area contributed by atoms with E-state index in [1.165, 1.54) is 37.7 Å². The van der Waals surface area contributed by atoms with Crippen LogP contribution < -0.4 is 0 Å². The van der Waals surface area contributed by atoms with E-state index in [1.54, 1.807) is 6.08 Å². The average Bonchev–Trinajstić information content (AvgIpc) is 3.09. The number of hydrogen-bond acceptors (Lipinski definition) is 4. The van der Waals surface area contributed by atoms with Crippen molar-refractivity contribution in [2.45, 2.75) is 79.1 Å². The summed E-state index contributed by atoms with van der Waals surface area (Å²) in [6, 6.07) is 0. The molecule has 4 aliphatic carbocycles. The molecule has 0 saturated heterocycles. The minimum Gasteiger partial charge on any atom is -0.463 e. The maximum absolute atomic E-state index is 11.8. The average molecular weight is 414 g/mol. The van der Waals surface area contributed by atoms with Crippen LogP contribution in [-0.2, 0) is 9.53 Å². The molecule has 0 radical (unpaired) electrons. The highest BCUT2D eigenvalue weighted by molar-refractivity contribution is 5.96. The van der Waals surface area contributed by atoms with Gasteiger partial charge in [0.1, 0.15) is 0 Å². The van der Waals surface area contributed by atoms with E-state index in [1.807, 2.05) is 6.92 Å². The molecule has 4 aliphatic rings. The molecule has 4 nitrogen and oxygen atoms in total. The molecule has 3 saturated carbocycles. The van der Waals surface area contributed by atoms with Crippen LogP contribution in [-0.4, -0.2) is 23.5 Å². The summed E-state index contributed by atoms with van der Waals surface area (Å²) in [4.78, 5) is 11.8. The summed E-state index contributed by atoms with van der Waals surface area (Å²) in [5.41, 5.74) is 3.06. The standard InChI is InChI=1S/C26H39NO3/c1-5-30-24(28)11-6-17(2)21-9-10-22-20-8-7-18-16-19(27-29)12-14-25(18,3)23(20)13-15-26(21,22)4/h6,11,16-17,20-23,29H,5,7-10,12-15H2,1-4H3/b11-6+,27-19-/t17-,20?,21-,22?,23?,25+,26-/m1/s1. The summed E-state index contributed by atoms with van der Waals surface area (Å²) in [7, 11) is 0. The van der Waals surface area contributed by atoms with Crippen molar-refractivity contribution in [2.75, 3.05) is 6.61 Å². The van der Waals surface area contributed by atoms with Crippen molar-refractivity contribution in [1.29, 1.82) is 0 Å². The predicted molar refractivity (Wildman–Crippen MR) is 119 cm³/mol. The SMILES string of the molecule is CCOC(=O)/C=C/[C@@H](C)[C@H]1CCC2C3CCC4=C/C(=N\O)CC[C@]4(C)C3CC[C@@]21C. The van der Waals surface area contributed by atoms with Crippen LogP contribution in [0.2, 0.25) is 0 Å². The second kappa shape index (κ2) is 8.16. The number of rotatable bonds is 4. The first-order chi connectivity index (χ1) is 14.3. The van der Waals surface area contributed by atoms with Gasteiger partial charge in [0.05, 0.1) is 12.3 Å². The fraction of sp³-hybridized carbons (Fsp3) is 0.769. The van der Waals surface area contributed by atoms with Crippen LogP contribution >= 0.6 is 0 Å². The monoisotopic (exact) mass is 413 g/mol. The van der Waals surface area contributed by atoms with E-state index >= 15 is 0 Å². The molecule has 3 fully saturated rings. The highest BCUT2D eigenvalue weighted by Crippen LogP contribution is 2.67. The second-order valence-electron chi connectivity index (χ2n) is 10.8. The molecule has 0 amide bonds. The van der Waals surface area contributed by atoms with Gasteiger partial charge >= 0.3 is 5.97 Å². The summed E-state index contributed by atoms with van der Waals surface area (Å²) in [5, 5.41) is 12.8. The third-order valence-corrected chi connectivity index (χ3v) is 9.64. The Morgan fingerprint density at radius 2 is 2.03 bits per heavy atom. The molecule has 0 aliphatic heterocycles. The van der Waals surface area contributed by atoms with Crippen LogP contribution in [0.5, 0.6) is 0 Å². The van der Waals surface area contributed by atoms with E-state index in [2.05, 4.69) is 38.1 Å². The lowest BCUT2D eigenvalue weighted by atomic mass is 9.46. The van der Waals surface area contributed by atoms with Crippen molar-refractivity contribution < 1.29 is 14.7 Å². The van der Waals surface area contributed by atoms with Gasteiger partial charge in [-0.2, -0.15) is 0 Å². The number of hydrogen-bond donors (Lipinski definition) is 1. The van der Waals surface area contributed by atoms with Crippen LogP contribution in [0.1, 0.15) is 79.1 Å². The molecule has 30 heavy (non-hydrogen) atoms. The molecule has 0 aromatic carbocycles. The Morgan fingerprint density at radius 3 is 2.77 bits per heavy atom. The van der Waals surface area contributed by atoms with Crippen molar-refractivity contribution in [1.82, 2.24) is 0 Å². The lowest BCUT2D eigenvalue weighted by molar-refractivity contribution is -0.137. The predicted octanol–water partition coefficient (Wildman–Crippen LogP) is 6.15. The fourth-order valence-corrected chi connectivity index (χ4v) is 8.11. The molecule has 166 valence electrons. The highest BCUT2D eigenvalue weighted by atomic mass is 16.5. The largest absolute Gasteiger partial charge is 0.463 e. The molecule has 3 unspecified atom stereocenters. The Labute approximate surface area is 181 Å². The molecule has 0 aromatic heterocycles. The first kappa shape index (κ1) is 21.6. The molecule has 0 heterocycles. The molecule has 0 spiro atoms. The van der Waals surface area contributed by atoms with Gasteiger partial charge in [-0.05, 0) is 105 Å². The Morgan fingerprint density at radius 1 is 1.23 bits per heavy atom. The molecule has 4 rings (SSSR count). The summed E-state index contributed by atoms with van der Waals surface area (Å²) in [6.07, 6.45) is 15.6. The first-order valence-corrected chi connectivity index (χ1v) is 12.1. The Hall–Kier alpha value is -1.58. The van der Waals surface area contributed by atoms with Crippen molar-refractivity contribution in [3.8, 4) is 0 Å². The number of allylic oxidation sites excluding steroid dienone is 3. The zero-order valence-corrected chi connectivity index (χ0v) is 19.2. The van der Waals surface area contributed by atoms with Crippen molar-refractivity contribution >= 4 is 11.7 Å². The van der Waals surface area contributed by atoms with Crippen LogP contribution in [0, 0.1) is 40.4 Å². The van der Waals surface area contributed by atoms with Gasteiger partial charge < -0.3 is 9.94 Å². The van der Waals surface area contributed by atoms with E-state index in [-0.39, 0.29) is 11.4 Å². The number of oxime groups is 1. The van der Waals surface area contributed by atoms with Gasteiger partial charge in [0.25, 0.3) is 0 Å². The van der Waals surface area contributed by atoms with Gasteiger partial charge in [-0.3, -0.25) is 0 Å². The van der Waals surface area contributed by atoms with Crippen LogP contribution in [0.3, 0.4) is 0 Å². The van der Waals surface area contributed by atoms with E-state index in [0.717, 1.165) is 42.7 Å². The van der Waals surface area contributed by atoms with Crippen molar-refractivity contribution in [2.24, 2.45) is 45.6 Å². The molecule has 0 bridgehead atoms. The van der Waals surface area contributed by atoms with Gasteiger partial charge in [0.15, 0.2) is 0 Å². The van der Waals surface area contributed by atoms with Gasteiger partial charge in [0, 0.05) is 6.08 Å². The number of ether oxygens (including phenoxy) is 1. The zero-order valence-electron chi connectivity index (χ0n) is 19.2. The molecular weight excluding hydrogens is 374 g/mol. The van der Waals surface area contributed by atoms with Crippen LogP contribution in [0.25, 0.3) is 0 Å². The summed E-state index contributed by atoms with van der Waals surface area (Å²) < 4.78 is 5.08. The smallest absolute Gasteiger partial charge is 0.330 e. The van der Waals surface area contributed by atoms with Gasteiger partial charge in [-0.1, -0.05) is 37.6 Å². The van der Waals surface area contributed by atoms with Gasteiger partial charge in [-0.15, -0.1) is 0 Å². The molecular formula is C26H39NO3. The summed E-state index contributed by atoms with van der Waals surface area (Å²) in [5.74, 6) is 3.22. The van der Waals surface area contributed by atoms with E-state index in [4.69, 9.17) is 4.74 Å². The topological polar surface area (TPSA) is 58.9 Å². The molecule has 4 heteroatoms. The summed E-state index contributed by atoms with van der Waals surface area (Å²) in [6.45, 7) is 9.62. The fourth-order valence-electron chi connectivity index (χ4n) is 8.11. The summed E-state index contributed by atoms with van der Waals surface area (Å²) >= 11 is 0. The Kier molecular flexibility index (Phi) is 5.89. The third kappa shape index (κ3) is 3.44. The number of nitrogens with zero attached hydrogens (tertiary/aromatic N) is 1. The second-order valence-corrected chi connectivity index (χ2v) is 10.8. The lowest BCUT2D eigenvalue weighted by Gasteiger charge is -2.58. The van der Waals surface area contributed by atoms with Crippen LogP contribution in [0.4, 0.5) is 0 Å². The van der Waals surface area contributed by atoms with Crippen molar-refractivity contribution in [3.63, 3.8) is 0 Å². The van der Waals surface area contributed by atoms with E-state index in [9.17, 15) is 10.0 Å². The van der Waals surface area contributed by atoms with E-state index in [0.29, 0.717) is 23.9 Å². The highest BCUT2D eigenvalue weighted by Gasteiger charge is 2.59. The number of esters is 1. The van der Waals surface area contributed by atoms with E-state index < -0.39 is 0 Å². The maximum Gasteiger partial charge on any atom is 0.330 e. The Balaban J connectivity index is 1.52. The lowest BCUT2D eigenvalue weighted by Crippen LogP contribution is -2.50. The number of fused-ring (bicyclic) bond motifs is 5. The number of carbonyl (C=O) groups excluding carboxylic acids is 1. The first-order valence-electron chi connectivity index (χ1n) is 12.1. The Bertz CT molecular complexity index is 768. The zero-order chi connectivity index (χ0) is 21.5. The normalized spacial score (nSPS) is 42.9. The van der Waals surface area contributed by atoms with Gasteiger partial charge in [-0.25, -0.2) is 4.79 Å². The minimum atomic E-state index is -0.213. The third-order valence-electron chi connectivity index (χ3n) is 9.64. The quantitative estimate of drug-likeness (QED) is 0.260. The number of carbonyl (C=O) groups is 1. The van der Waals surface area contributed by atoms with Gasteiger partial charge in [0.2, 0.25) is 0 Å². The molecule has 7 atom stereocenters. The maximum atomic E-state index is 11.8. The van der Waals surface area contributed by atoms with Crippen LogP contribution in [0.15, 0.2) is 29.0 Å². The minimum absolute atomic E-state index is 0.213. The van der Waals surface area contributed by atoms with Crippen molar-refractivity contribution in [3.05, 3.63) is 23.8 Å². The molecule has 1 N–H and O–H groups in total. The molecule has 0 aromatic rings.